The van der Waals surface area contributed by atoms with E-state index in [9.17, 15) is 9.59 Å². The summed E-state index contributed by atoms with van der Waals surface area (Å²) < 4.78 is 0. The van der Waals surface area contributed by atoms with Gasteiger partial charge in [-0.2, -0.15) is 0 Å². The average Bonchev–Trinajstić information content (AvgIpc) is 2.32. The molecule has 0 aromatic heterocycles. The molecule has 1 unspecified atom stereocenters. The Hall–Kier alpha value is -1.88. The Morgan fingerprint density at radius 1 is 1.30 bits per heavy atom. The van der Waals surface area contributed by atoms with Crippen LogP contribution in [-0.2, 0) is 9.59 Å². The van der Waals surface area contributed by atoms with Gasteiger partial charge in [-0.05, 0) is 31.0 Å². The Morgan fingerprint density at radius 3 is 2.60 bits per heavy atom. The molecule has 0 saturated heterocycles. The predicted molar refractivity (Wildman–Crippen MR) is 81.6 cm³/mol. The first-order valence-corrected chi connectivity index (χ1v) is 6.86. The van der Waals surface area contributed by atoms with Crippen LogP contribution in [0.5, 0.6) is 0 Å². The summed E-state index contributed by atoms with van der Waals surface area (Å²) >= 11 is 0. The molecule has 1 atom stereocenters. The SMILES string of the molecule is CCCC(N)CC(=O)Nc1cc(NC(C)=O)ccc1C. The van der Waals surface area contributed by atoms with Gasteiger partial charge in [0.2, 0.25) is 11.8 Å². The molecule has 5 nitrogen and oxygen atoms in total. The Morgan fingerprint density at radius 2 is 2.00 bits per heavy atom. The number of hydrogen-bond acceptors (Lipinski definition) is 3. The smallest absolute Gasteiger partial charge is 0.225 e. The largest absolute Gasteiger partial charge is 0.327 e. The molecule has 110 valence electrons. The van der Waals surface area contributed by atoms with Crippen molar-refractivity contribution in [1.29, 1.82) is 0 Å². The molecule has 1 aromatic carbocycles. The van der Waals surface area contributed by atoms with Crippen molar-refractivity contribution in [2.24, 2.45) is 5.73 Å². The van der Waals surface area contributed by atoms with Crippen LogP contribution in [0.15, 0.2) is 18.2 Å². The van der Waals surface area contributed by atoms with Gasteiger partial charge in [-0.25, -0.2) is 0 Å². The summed E-state index contributed by atoms with van der Waals surface area (Å²) in [4.78, 5) is 22.9. The molecule has 0 bridgehead atoms. The van der Waals surface area contributed by atoms with Crippen molar-refractivity contribution >= 4 is 23.2 Å². The zero-order chi connectivity index (χ0) is 15.1. The van der Waals surface area contributed by atoms with Gasteiger partial charge in [-0.1, -0.05) is 19.4 Å². The first-order chi connectivity index (χ1) is 9.42. The normalized spacial score (nSPS) is 11.8. The third-order valence-electron chi connectivity index (χ3n) is 2.94. The maximum Gasteiger partial charge on any atom is 0.225 e. The van der Waals surface area contributed by atoms with Crippen molar-refractivity contribution in [2.45, 2.75) is 46.1 Å². The van der Waals surface area contributed by atoms with E-state index >= 15 is 0 Å². The van der Waals surface area contributed by atoms with Crippen LogP contribution in [0.4, 0.5) is 11.4 Å². The third kappa shape index (κ3) is 5.40. The molecule has 0 heterocycles. The lowest BCUT2D eigenvalue weighted by atomic mass is 10.1. The maximum atomic E-state index is 11.9. The lowest BCUT2D eigenvalue weighted by Gasteiger charge is -2.13. The van der Waals surface area contributed by atoms with E-state index in [0.29, 0.717) is 17.8 Å². The lowest BCUT2D eigenvalue weighted by molar-refractivity contribution is -0.116. The molecule has 0 aliphatic carbocycles. The topological polar surface area (TPSA) is 84.2 Å². The molecule has 2 amide bonds. The van der Waals surface area contributed by atoms with Crippen molar-refractivity contribution in [2.75, 3.05) is 10.6 Å². The van der Waals surface area contributed by atoms with Crippen LogP contribution >= 0.6 is 0 Å². The van der Waals surface area contributed by atoms with Crippen LogP contribution in [0.2, 0.25) is 0 Å². The molecule has 0 saturated carbocycles. The monoisotopic (exact) mass is 277 g/mol. The number of carbonyl (C=O) groups is 2. The minimum absolute atomic E-state index is 0.103. The standard InChI is InChI=1S/C15H23N3O2/c1-4-5-12(16)8-15(20)18-14-9-13(17-11(3)19)7-6-10(14)2/h6-7,9,12H,4-5,8,16H2,1-3H3,(H,17,19)(H,18,20). The zero-order valence-electron chi connectivity index (χ0n) is 12.3. The average molecular weight is 277 g/mol. The summed E-state index contributed by atoms with van der Waals surface area (Å²) in [5, 5.41) is 5.53. The lowest BCUT2D eigenvalue weighted by Crippen LogP contribution is -2.27. The fourth-order valence-corrected chi connectivity index (χ4v) is 1.95. The molecule has 0 fully saturated rings. The number of rotatable bonds is 6. The summed E-state index contributed by atoms with van der Waals surface area (Å²) in [7, 11) is 0. The highest BCUT2D eigenvalue weighted by molar-refractivity contribution is 5.94. The quantitative estimate of drug-likeness (QED) is 0.746. The van der Waals surface area contributed by atoms with Gasteiger partial charge in [-0.3, -0.25) is 9.59 Å². The van der Waals surface area contributed by atoms with E-state index < -0.39 is 0 Å². The van der Waals surface area contributed by atoms with E-state index in [2.05, 4.69) is 10.6 Å². The molecular weight excluding hydrogens is 254 g/mol. The summed E-state index contributed by atoms with van der Waals surface area (Å²) in [6.45, 7) is 5.39. The second-order valence-electron chi connectivity index (χ2n) is 5.01. The molecule has 20 heavy (non-hydrogen) atoms. The van der Waals surface area contributed by atoms with Crippen LogP contribution in [-0.4, -0.2) is 17.9 Å². The first-order valence-electron chi connectivity index (χ1n) is 6.86. The zero-order valence-corrected chi connectivity index (χ0v) is 12.3. The van der Waals surface area contributed by atoms with E-state index in [4.69, 9.17) is 5.73 Å². The number of hydrogen-bond donors (Lipinski definition) is 3. The van der Waals surface area contributed by atoms with Crippen LogP contribution in [0.1, 0.15) is 38.7 Å². The molecule has 0 spiro atoms. The second-order valence-corrected chi connectivity index (χ2v) is 5.01. The highest BCUT2D eigenvalue weighted by Gasteiger charge is 2.10. The number of anilines is 2. The van der Waals surface area contributed by atoms with Gasteiger partial charge >= 0.3 is 0 Å². The summed E-state index contributed by atoms with van der Waals surface area (Å²) in [5.41, 5.74) is 8.16. The minimum atomic E-state index is -0.143. The van der Waals surface area contributed by atoms with Crippen molar-refractivity contribution in [3.63, 3.8) is 0 Å². The molecule has 1 aromatic rings. The fraction of sp³-hybridized carbons (Fsp3) is 0.467. The molecule has 5 heteroatoms. The number of amides is 2. The van der Waals surface area contributed by atoms with E-state index in [-0.39, 0.29) is 17.9 Å². The van der Waals surface area contributed by atoms with Gasteiger partial charge in [0.25, 0.3) is 0 Å². The van der Waals surface area contributed by atoms with Crippen molar-refractivity contribution in [3.05, 3.63) is 23.8 Å². The van der Waals surface area contributed by atoms with Gasteiger partial charge in [0.15, 0.2) is 0 Å². The van der Waals surface area contributed by atoms with Crippen molar-refractivity contribution < 1.29 is 9.59 Å². The number of benzene rings is 1. The van der Waals surface area contributed by atoms with Crippen LogP contribution in [0.3, 0.4) is 0 Å². The van der Waals surface area contributed by atoms with Gasteiger partial charge in [-0.15, -0.1) is 0 Å². The second kappa shape index (κ2) is 7.65. The first kappa shape index (κ1) is 16.2. The fourth-order valence-electron chi connectivity index (χ4n) is 1.95. The van der Waals surface area contributed by atoms with Gasteiger partial charge in [0.05, 0.1) is 0 Å². The van der Waals surface area contributed by atoms with Crippen molar-refractivity contribution in [1.82, 2.24) is 0 Å². The summed E-state index contributed by atoms with van der Waals surface area (Å²) in [5.74, 6) is -0.245. The van der Waals surface area contributed by atoms with Crippen LogP contribution in [0.25, 0.3) is 0 Å². The maximum absolute atomic E-state index is 11.9. The number of carbonyl (C=O) groups excluding carboxylic acids is 2. The molecule has 4 N–H and O–H groups in total. The highest BCUT2D eigenvalue weighted by Crippen LogP contribution is 2.20. The van der Waals surface area contributed by atoms with Crippen LogP contribution < -0.4 is 16.4 Å². The Kier molecular flexibility index (Phi) is 6.18. The van der Waals surface area contributed by atoms with E-state index in [1.807, 2.05) is 19.9 Å². The Balaban J connectivity index is 2.70. The molecule has 0 aliphatic rings. The van der Waals surface area contributed by atoms with E-state index in [0.717, 1.165) is 18.4 Å². The molecule has 0 aliphatic heterocycles. The number of nitrogens with one attached hydrogen (secondary N) is 2. The summed E-state index contributed by atoms with van der Waals surface area (Å²) in [6, 6.07) is 5.29. The Bertz CT molecular complexity index is 486. The third-order valence-corrected chi connectivity index (χ3v) is 2.94. The molecule has 1 rings (SSSR count). The predicted octanol–water partition coefficient (Wildman–Crippen LogP) is 2.41. The minimum Gasteiger partial charge on any atom is -0.327 e. The van der Waals surface area contributed by atoms with Gasteiger partial charge in [0, 0.05) is 30.8 Å². The number of nitrogens with two attached hydrogens (primary N) is 1. The van der Waals surface area contributed by atoms with Gasteiger partial charge < -0.3 is 16.4 Å². The molecule has 0 radical (unpaired) electrons. The Labute approximate surface area is 119 Å². The van der Waals surface area contributed by atoms with Crippen LogP contribution in [0, 0.1) is 6.92 Å². The number of aryl methyl sites for hydroxylation is 1. The molecular formula is C15H23N3O2. The van der Waals surface area contributed by atoms with E-state index in [1.54, 1.807) is 12.1 Å². The van der Waals surface area contributed by atoms with Crippen molar-refractivity contribution in [3.8, 4) is 0 Å². The summed E-state index contributed by atoms with van der Waals surface area (Å²) in [6.07, 6.45) is 2.10. The van der Waals surface area contributed by atoms with E-state index in [1.165, 1.54) is 6.92 Å². The van der Waals surface area contributed by atoms with Gasteiger partial charge in [0.1, 0.15) is 0 Å². The highest BCUT2D eigenvalue weighted by atomic mass is 16.2.